The van der Waals surface area contributed by atoms with Gasteiger partial charge in [-0.05, 0) is 43.5 Å². The lowest BCUT2D eigenvalue weighted by atomic mass is 10.1. The molecule has 0 aliphatic carbocycles. The summed E-state index contributed by atoms with van der Waals surface area (Å²) in [5.74, 6) is -0.403. The van der Waals surface area contributed by atoms with Gasteiger partial charge in [0.2, 0.25) is 10.0 Å². The van der Waals surface area contributed by atoms with Crippen LogP contribution in [-0.2, 0) is 10.0 Å². The Morgan fingerprint density at radius 3 is 2.55 bits per heavy atom. The van der Waals surface area contributed by atoms with Crippen LogP contribution in [0.25, 0.3) is 0 Å². The first kappa shape index (κ1) is 21.5. The Morgan fingerprint density at radius 1 is 1.24 bits per heavy atom. The van der Waals surface area contributed by atoms with Gasteiger partial charge in [-0.1, -0.05) is 23.7 Å². The highest BCUT2D eigenvalue weighted by atomic mass is 35.5. The second-order valence-electron chi connectivity index (χ2n) is 7.14. The number of hydrogen-bond donors (Lipinski definition) is 1. The maximum atomic E-state index is 12.6. The van der Waals surface area contributed by atoms with Crippen LogP contribution in [0.3, 0.4) is 0 Å². The zero-order chi connectivity index (χ0) is 21.2. The molecule has 1 amide bonds. The minimum absolute atomic E-state index is 0.129. The molecule has 1 saturated heterocycles. The Hall–Kier alpha value is -2.23. The van der Waals surface area contributed by atoms with Crippen LogP contribution in [0.15, 0.2) is 41.2 Å². The number of nitrogens with one attached hydrogen (secondary N) is 1. The van der Waals surface area contributed by atoms with E-state index in [0.717, 1.165) is 5.56 Å². The molecule has 1 aromatic carbocycles. The zero-order valence-corrected chi connectivity index (χ0v) is 17.8. The van der Waals surface area contributed by atoms with Crippen molar-refractivity contribution in [3.8, 4) is 0 Å². The molecule has 0 radical (unpaired) electrons. The van der Waals surface area contributed by atoms with Crippen LogP contribution >= 0.6 is 11.6 Å². The highest BCUT2D eigenvalue weighted by Gasteiger charge is 2.27. The largest absolute Gasteiger partial charge is 0.344 e. The van der Waals surface area contributed by atoms with E-state index in [0.29, 0.717) is 31.0 Å². The van der Waals surface area contributed by atoms with E-state index in [1.54, 1.807) is 12.1 Å². The van der Waals surface area contributed by atoms with Crippen molar-refractivity contribution >= 4 is 27.5 Å². The van der Waals surface area contributed by atoms with Gasteiger partial charge in [0.1, 0.15) is 5.69 Å². The number of amides is 1. The van der Waals surface area contributed by atoms with E-state index in [1.807, 2.05) is 19.1 Å². The summed E-state index contributed by atoms with van der Waals surface area (Å²) in [7, 11) is -3.25. The molecule has 0 spiro atoms. The Morgan fingerprint density at radius 2 is 1.93 bits per heavy atom. The van der Waals surface area contributed by atoms with Gasteiger partial charge in [0.05, 0.1) is 18.3 Å². The molecular weight excluding hydrogens is 416 g/mol. The first-order valence-electron chi connectivity index (χ1n) is 9.26. The van der Waals surface area contributed by atoms with Crippen molar-refractivity contribution in [3.05, 3.63) is 63.0 Å². The van der Waals surface area contributed by atoms with Crippen molar-refractivity contribution in [1.29, 1.82) is 0 Å². The minimum atomic E-state index is -3.25. The van der Waals surface area contributed by atoms with Gasteiger partial charge in [-0.3, -0.25) is 9.59 Å². The van der Waals surface area contributed by atoms with Gasteiger partial charge >= 0.3 is 0 Å². The van der Waals surface area contributed by atoms with Crippen LogP contribution < -0.4 is 10.9 Å². The number of sulfonamides is 1. The summed E-state index contributed by atoms with van der Waals surface area (Å²) in [6, 6.07) is 9.37. The molecule has 0 saturated carbocycles. The predicted octanol–water partition coefficient (Wildman–Crippen LogP) is 1.98. The van der Waals surface area contributed by atoms with Gasteiger partial charge in [0, 0.05) is 24.2 Å². The molecule has 1 atom stereocenters. The second kappa shape index (κ2) is 8.64. The smallest absolute Gasteiger partial charge is 0.272 e. The molecular formula is C19H23ClN4O4S. The van der Waals surface area contributed by atoms with Crippen LogP contribution in [0.2, 0.25) is 5.02 Å². The number of aromatic nitrogens is 2. The van der Waals surface area contributed by atoms with E-state index < -0.39 is 15.9 Å². The maximum Gasteiger partial charge on any atom is 0.272 e. The average molecular weight is 439 g/mol. The molecule has 1 aromatic heterocycles. The molecule has 0 unspecified atom stereocenters. The maximum absolute atomic E-state index is 12.6. The molecule has 2 aromatic rings. The van der Waals surface area contributed by atoms with Crippen LogP contribution in [0, 0.1) is 0 Å². The Kier molecular flexibility index (Phi) is 6.40. The zero-order valence-electron chi connectivity index (χ0n) is 16.2. The quantitative estimate of drug-likeness (QED) is 0.769. The first-order valence-corrected chi connectivity index (χ1v) is 11.5. The van der Waals surface area contributed by atoms with Crippen molar-refractivity contribution < 1.29 is 13.2 Å². The first-order chi connectivity index (χ1) is 13.6. The molecule has 1 N–H and O–H groups in total. The molecule has 1 fully saturated rings. The summed E-state index contributed by atoms with van der Waals surface area (Å²) < 4.78 is 26.0. The van der Waals surface area contributed by atoms with Crippen LogP contribution in [0.5, 0.6) is 0 Å². The molecule has 1 aliphatic rings. The van der Waals surface area contributed by atoms with E-state index in [4.69, 9.17) is 11.6 Å². The van der Waals surface area contributed by atoms with Crippen molar-refractivity contribution in [2.45, 2.75) is 31.8 Å². The number of carbonyl (C=O) groups excluding carboxylic acids is 1. The lowest BCUT2D eigenvalue weighted by molar-refractivity contribution is 0.0931. The summed E-state index contributed by atoms with van der Waals surface area (Å²) in [6.07, 6.45) is 2.09. The van der Waals surface area contributed by atoms with E-state index in [9.17, 15) is 18.0 Å². The molecule has 0 bridgehead atoms. The molecule has 1 aliphatic heterocycles. The predicted molar refractivity (Wildman–Crippen MR) is 111 cm³/mol. The molecule has 8 nitrogen and oxygen atoms in total. The molecule has 3 rings (SSSR count). The Labute approximate surface area is 174 Å². The number of carbonyl (C=O) groups is 1. The van der Waals surface area contributed by atoms with Gasteiger partial charge < -0.3 is 5.32 Å². The van der Waals surface area contributed by atoms with Crippen molar-refractivity contribution in [1.82, 2.24) is 19.4 Å². The third-order valence-corrected chi connectivity index (χ3v) is 6.53. The van der Waals surface area contributed by atoms with Crippen molar-refractivity contribution in [2.75, 3.05) is 19.3 Å². The number of rotatable bonds is 5. The number of benzene rings is 1. The number of hydrogen-bond acceptors (Lipinski definition) is 5. The average Bonchev–Trinajstić information content (AvgIpc) is 2.67. The monoisotopic (exact) mass is 438 g/mol. The summed E-state index contributed by atoms with van der Waals surface area (Å²) in [6.45, 7) is 2.47. The van der Waals surface area contributed by atoms with Gasteiger partial charge in [0.15, 0.2) is 0 Å². The van der Waals surface area contributed by atoms with Crippen LogP contribution in [-0.4, -0.2) is 47.8 Å². The fourth-order valence-electron chi connectivity index (χ4n) is 3.36. The third-order valence-electron chi connectivity index (χ3n) is 4.99. The lowest BCUT2D eigenvalue weighted by Crippen LogP contribution is -2.41. The summed E-state index contributed by atoms with van der Waals surface area (Å²) in [4.78, 5) is 24.9. The molecule has 2 heterocycles. The normalized spacial score (nSPS) is 17.1. The van der Waals surface area contributed by atoms with Gasteiger partial charge in [-0.15, -0.1) is 0 Å². The topological polar surface area (TPSA) is 101 Å². The van der Waals surface area contributed by atoms with Gasteiger partial charge in [-0.25, -0.2) is 17.4 Å². The van der Waals surface area contributed by atoms with E-state index >= 15 is 0 Å². The lowest BCUT2D eigenvalue weighted by Gasteiger charge is -2.30. The van der Waals surface area contributed by atoms with Crippen molar-refractivity contribution in [2.24, 2.45) is 0 Å². The summed E-state index contributed by atoms with van der Waals surface area (Å²) in [5, 5.41) is 7.68. The number of halogens is 1. The van der Waals surface area contributed by atoms with Crippen LogP contribution in [0.1, 0.15) is 47.9 Å². The standard InChI is InChI=1S/C19H23ClN4O4S/c1-13(14-4-3-5-15(20)12-14)21-19(26)17-6-7-18(25)24(22-17)16-8-10-23(11-9-16)29(2,27)28/h3-7,12-13,16H,8-11H2,1-2H3,(H,21,26)/t13-/m1/s1. The fourth-order valence-corrected chi connectivity index (χ4v) is 4.43. The summed E-state index contributed by atoms with van der Waals surface area (Å²) >= 11 is 6.00. The highest BCUT2D eigenvalue weighted by Crippen LogP contribution is 2.22. The van der Waals surface area contributed by atoms with Gasteiger partial charge in [0.25, 0.3) is 11.5 Å². The fraction of sp³-hybridized carbons (Fsp3) is 0.421. The highest BCUT2D eigenvalue weighted by molar-refractivity contribution is 7.88. The molecule has 29 heavy (non-hydrogen) atoms. The van der Waals surface area contributed by atoms with Crippen molar-refractivity contribution in [3.63, 3.8) is 0 Å². The minimum Gasteiger partial charge on any atom is -0.344 e. The number of piperidine rings is 1. The third kappa shape index (κ3) is 5.23. The SMILES string of the molecule is C[C@@H](NC(=O)c1ccc(=O)n(C2CCN(S(C)(=O)=O)CC2)n1)c1cccc(Cl)c1. The Balaban J connectivity index is 1.73. The second-order valence-corrected chi connectivity index (χ2v) is 9.56. The Bertz CT molecular complexity index is 1060. The summed E-state index contributed by atoms with van der Waals surface area (Å²) in [5.41, 5.74) is 0.665. The molecule has 10 heteroatoms. The van der Waals surface area contributed by atoms with Gasteiger partial charge in [-0.2, -0.15) is 5.10 Å². The van der Waals surface area contributed by atoms with E-state index in [1.165, 1.54) is 27.4 Å². The van der Waals surface area contributed by atoms with Crippen LogP contribution in [0.4, 0.5) is 0 Å². The molecule has 156 valence electrons. The van der Waals surface area contributed by atoms with E-state index in [-0.39, 0.29) is 23.3 Å². The van der Waals surface area contributed by atoms with E-state index in [2.05, 4.69) is 10.4 Å². The number of nitrogens with zero attached hydrogens (tertiary/aromatic N) is 3.